The Balaban J connectivity index is 1.94. The van der Waals surface area contributed by atoms with Crippen molar-refractivity contribution in [2.75, 3.05) is 5.32 Å². The molecule has 3 aromatic rings. The van der Waals surface area contributed by atoms with Crippen molar-refractivity contribution in [3.63, 3.8) is 0 Å². The van der Waals surface area contributed by atoms with Crippen molar-refractivity contribution in [1.82, 2.24) is 0 Å². The number of halogens is 2. The Bertz CT molecular complexity index is 780. The summed E-state index contributed by atoms with van der Waals surface area (Å²) in [6.07, 6.45) is 0. The molecule has 1 nitrogen and oxygen atoms in total. The first-order valence-corrected chi connectivity index (χ1v) is 7.64. The molecule has 3 heteroatoms. The van der Waals surface area contributed by atoms with Crippen LogP contribution in [0.4, 0.5) is 10.1 Å². The van der Waals surface area contributed by atoms with Crippen molar-refractivity contribution in [1.29, 1.82) is 0 Å². The molecule has 0 saturated carbocycles. The quantitative estimate of drug-likeness (QED) is 0.622. The second-order valence-electron chi connectivity index (χ2n) is 5.06. The zero-order chi connectivity index (χ0) is 14.8. The summed E-state index contributed by atoms with van der Waals surface area (Å²) in [6, 6.07) is 19.3. The highest BCUT2D eigenvalue weighted by Crippen LogP contribution is 2.30. The summed E-state index contributed by atoms with van der Waals surface area (Å²) >= 11 is 3.43. The van der Waals surface area contributed by atoms with Gasteiger partial charge in [0, 0.05) is 21.6 Å². The minimum absolute atomic E-state index is 0.0748. The van der Waals surface area contributed by atoms with E-state index >= 15 is 0 Å². The topological polar surface area (TPSA) is 12.0 Å². The maximum absolute atomic E-state index is 13.2. The number of rotatable bonds is 3. The van der Waals surface area contributed by atoms with Crippen LogP contribution in [-0.4, -0.2) is 0 Å². The molecular formula is C18H15BrFN. The molecular weight excluding hydrogens is 329 g/mol. The zero-order valence-corrected chi connectivity index (χ0v) is 13.2. The summed E-state index contributed by atoms with van der Waals surface area (Å²) in [5.74, 6) is -0.233. The molecule has 21 heavy (non-hydrogen) atoms. The van der Waals surface area contributed by atoms with E-state index in [0.29, 0.717) is 0 Å². The third-order valence-electron chi connectivity index (χ3n) is 3.59. The Hall–Kier alpha value is -1.87. The van der Waals surface area contributed by atoms with Crippen LogP contribution in [0.2, 0.25) is 0 Å². The smallest absolute Gasteiger partial charge is 0.124 e. The van der Waals surface area contributed by atoms with Gasteiger partial charge < -0.3 is 5.32 Å². The van der Waals surface area contributed by atoms with Crippen LogP contribution < -0.4 is 5.32 Å². The minimum Gasteiger partial charge on any atom is -0.378 e. The van der Waals surface area contributed by atoms with Gasteiger partial charge in [0.1, 0.15) is 5.82 Å². The van der Waals surface area contributed by atoms with Crippen molar-refractivity contribution >= 4 is 32.4 Å². The van der Waals surface area contributed by atoms with Gasteiger partial charge in [0.15, 0.2) is 0 Å². The van der Waals surface area contributed by atoms with Gasteiger partial charge in [-0.3, -0.25) is 0 Å². The summed E-state index contributed by atoms with van der Waals surface area (Å²) in [4.78, 5) is 0. The van der Waals surface area contributed by atoms with Gasteiger partial charge >= 0.3 is 0 Å². The summed E-state index contributed by atoms with van der Waals surface area (Å²) in [6.45, 7) is 2.07. The molecule has 106 valence electrons. The van der Waals surface area contributed by atoms with Gasteiger partial charge in [-0.05, 0) is 36.1 Å². The van der Waals surface area contributed by atoms with Crippen LogP contribution in [0.5, 0.6) is 0 Å². The lowest BCUT2D eigenvalue weighted by atomic mass is 10.1. The van der Waals surface area contributed by atoms with Crippen molar-refractivity contribution < 1.29 is 4.39 Å². The molecule has 0 fully saturated rings. The highest BCUT2D eigenvalue weighted by molar-refractivity contribution is 9.10. The first-order valence-electron chi connectivity index (χ1n) is 6.84. The summed E-state index contributed by atoms with van der Waals surface area (Å²) < 4.78 is 14.0. The van der Waals surface area contributed by atoms with Crippen molar-refractivity contribution in [2.24, 2.45) is 0 Å². The lowest BCUT2D eigenvalue weighted by Gasteiger charge is -2.18. The van der Waals surface area contributed by atoms with Gasteiger partial charge in [0.25, 0.3) is 0 Å². The summed E-state index contributed by atoms with van der Waals surface area (Å²) in [5.41, 5.74) is 2.11. The largest absolute Gasteiger partial charge is 0.378 e. The average molecular weight is 344 g/mol. The van der Waals surface area contributed by atoms with Gasteiger partial charge in [0.05, 0.1) is 0 Å². The van der Waals surface area contributed by atoms with Gasteiger partial charge in [-0.2, -0.15) is 0 Å². The Morgan fingerprint density at radius 2 is 1.76 bits per heavy atom. The van der Waals surface area contributed by atoms with Gasteiger partial charge in [-0.1, -0.05) is 58.4 Å². The molecule has 0 aliphatic heterocycles. The average Bonchev–Trinajstić information content (AvgIpc) is 2.47. The standard InChI is InChI=1S/C18H15BrFN/c1-12(15-10-9-14(20)11-17(15)19)21-18-8-4-6-13-5-2-3-7-16(13)18/h2-12,21H,1H3. The molecule has 0 amide bonds. The van der Waals surface area contributed by atoms with Crippen LogP contribution in [-0.2, 0) is 0 Å². The molecule has 0 aromatic heterocycles. The van der Waals surface area contributed by atoms with E-state index in [9.17, 15) is 4.39 Å². The number of hydrogen-bond acceptors (Lipinski definition) is 1. The SMILES string of the molecule is CC(Nc1cccc2ccccc12)c1ccc(F)cc1Br. The zero-order valence-electron chi connectivity index (χ0n) is 11.6. The van der Waals surface area contributed by atoms with Crippen molar-refractivity contribution in [3.8, 4) is 0 Å². The van der Waals surface area contributed by atoms with E-state index in [1.54, 1.807) is 0 Å². The predicted molar refractivity (Wildman–Crippen MR) is 90.1 cm³/mol. The molecule has 3 rings (SSSR count). The number of anilines is 1. The van der Waals surface area contributed by atoms with E-state index in [0.717, 1.165) is 15.7 Å². The monoisotopic (exact) mass is 343 g/mol. The normalized spacial score (nSPS) is 12.3. The van der Waals surface area contributed by atoms with E-state index in [2.05, 4.69) is 52.4 Å². The van der Waals surface area contributed by atoms with Crippen molar-refractivity contribution in [3.05, 3.63) is 76.5 Å². The fraction of sp³-hybridized carbons (Fsp3) is 0.111. The molecule has 0 aliphatic carbocycles. The first kappa shape index (κ1) is 14.1. The summed E-state index contributed by atoms with van der Waals surface area (Å²) in [7, 11) is 0. The summed E-state index contributed by atoms with van der Waals surface area (Å²) in [5, 5.41) is 5.90. The Morgan fingerprint density at radius 3 is 2.57 bits per heavy atom. The van der Waals surface area contributed by atoms with Crippen LogP contribution in [0.25, 0.3) is 10.8 Å². The molecule has 0 heterocycles. The van der Waals surface area contributed by atoms with E-state index < -0.39 is 0 Å². The van der Waals surface area contributed by atoms with Crippen molar-refractivity contribution in [2.45, 2.75) is 13.0 Å². The fourth-order valence-electron chi connectivity index (χ4n) is 2.51. The van der Waals surface area contributed by atoms with Gasteiger partial charge in [-0.15, -0.1) is 0 Å². The van der Waals surface area contributed by atoms with E-state index in [-0.39, 0.29) is 11.9 Å². The number of hydrogen-bond donors (Lipinski definition) is 1. The number of fused-ring (bicyclic) bond motifs is 1. The lowest BCUT2D eigenvalue weighted by Crippen LogP contribution is -2.07. The second kappa shape index (κ2) is 5.86. The molecule has 1 unspecified atom stereocenters. The third kappa shape index (κ3) is 2.93. The third-order valence-corrected chi connectivity index (χ3v) is 4.28. The van der Waals surface area contributed by atoms with E-state index in [1.807, 2.05) is 24.3 Å². The van der Waals surface area contributed by atoms with Gasteiger partial charge in [-0.25, -0.2) is 4.39 Å². The van der Waals surface area contributed by atoms with Crippen LogP contribution >= 0.6 is 15.9 Å². The predicted octanol–water partition coefficient (Wildman–Crippen LogP) is 5.91. The van der Waals surface area contributed by atoms with E-state index in [4.69, 9.17) is 0 Å². The van der Waals surface area contributed by atoms with Gasteiger partial charge in [0.2, 0.25) is 0 Å². The highest BCUT2D eigenvalue weighted by Gasteiger charge is 2.11. The Morgan fingerprint density at radius 1 is 1.00 bits per heavy atom. The highest BCUT2D eigenvalue weighted by atomic mass is 79.9. The second-order valence-corrected chi connectivity index (χ2v) is 5.91. The van der Waals surface area contributed by atoms with E-state index in [1.165, 1.54) is 22.9 Å². The molecule has 0 saturated heterocycles. The molecule has 0 radical (unpaired) electrons. The fourth-order valence-corrected chi connectivity index (χ4v) is 3.21. The van der Waals surface area contributed by atoms with Crippen LogP contribution in [0.15, 0.2) is 65.1 Å². The Labute approximate surface area is 131 Å². The molecule has 1 atom stereocenters. The number of benzene rings is 3. The van der Waals surface area contributed by atoms with Crippen LogP contribution in [0.1, 0.15) is 18.5 Å². The lowest BCUT2D eigenvalue weighted by molar-refractivity contribution is 0.625. The maximum Gasteiger partial charge on any atom is 0.124 e. The maximum atomic E-state index is 13.2. The van der Waals surface area contributed by atoms with Crippen LogP contribution in [0.3, 0.4) is 0 Å². The Kier molecular flexibility index (Phi) is 3.93. The minimum atomic E-state index is -0.233. The molecule has 3 aromatic carbocycles. The van der Waals surface area contributed by atoms with Crippen LogP contribution in [0, 0.1) is 5.82 Å². The molecule has 1 N–H and O–H groups in total. The molecule has 0 spiro atoms. The molecule has 0 aliphatic rings. The first-order chi connectivity index (χ1) is 10.1. The molecule has 0 bridgehead atoms. The number of nitrogens with one attached hydrogen (secondary N) is 1.